The third-order valence-corrected chi connectivity index (χ3v) is 1.34. The van der Waals surface area contributed by atoms with Gasteiger partial charge in [-0.2, -0.15) is 0 Å². The van der Waals surface area contributed by atoms with E-state index in [2.05, 4.69) is 26.5 Å². The average Bonchev–Trinajstić information content (AvgIpc) is 2.35. The zero-order chi connectivity index (χ0) is 14.7. The van der Waals surface area contributed by atoms with E-state index < -0.39 is 0 Å². The maximum Gasteiger partial charge on any atom is 0 e. The molecule has 0 aliphatic carbocycles. The fraction of sp³-hybridized carbons (Fsp3) is 0.333. The minimum Gasteiger partial charge on any atom is 0 e. The molecule has 0 aromatic rings. The average molecular weight is 313 g/mol. The Hall–Kier alpha value is -0.821. The number of rotatable bonds is 5. The van der Waals surface area contributed by atoms with Gasteiger partial charge in [0.1, 0.15) is 0 Å². The first-order valence-corrected chi connectivity index (χ1v) is 4.62. The summed E-state index contributed by atoms with van der Waals surface area (Å²) in [7, 11) is 0. The summed E-state index contributed by atoms with van der Waals surface area (Å²) < 4.78 is 22.5. The van der Waals surface area contributed by atoms with Gasteiger partial charge >= 0.3 is 33.9 Å². The van der Waals surface area contributed by atoms with Gasteiger partial charge in [-0.25, -0.2) is 0 Å². The summed E-state index contributed by atoms with van der Waals surface area (Å²) in [6.45, 7) is 19.1. The second-order valence-electron chi connectivity index (χ2n) is 2.50. The summed E-state index contributed by atoms with van der Waals surface area (Å²) >= 11 is 5.14. The smallest absolute Gasteiger partial charge is 0 e. The van der Waals surface area contributed by atoms with E-state index in [1.807, 2.05) is 19.1 Å². The van der Waals surface area contributed by atoms with Crippen molar-refractivity contribution in [3.8, 4) is 0 Å². The maximum atomic E-state index is 10.3. The molecule has 0 unspecified atom stereocenters. The second-order valence-corrected chi connectivity index (χ2v) is 2.92. The van der Waals surface area contributed by atoms with Crippen LogP contribution in [0.25, 0.3) is 0 Å². The predicted molar refractivity (Wildman–Crippen MR) is 60.5 cm³/mol. The van der Waals surface area contributed by atoms with Crippen LogP contribution < -0.4 is 0 Å². The van der Waals surface area contributed by atoms with Crippen molar-refractivity contribution in [2.75, 3.05) is 0 Å². The standard InChI is InChI=1S/C9H13ClO.3CO.Fe/c1-8(2)6-4-3-5-7-9(10)11;3*1-2;/h4,6H,1,3,5,7H2,2H3;;;;/b6-4+;;;;. The van der Waals surface area contributed by atoms with Crippen molar-refractivity contribution in [3.63, 3.8) is 0 Å². The number of allylic oxidation sites excluding steroid dienone is 3. The van der Waals surface area contributed by atoms with Gasteiger partial charge in [-0.05, 0) is 31.4 Å². The van der Waals surface area contributed by atoms with Crippen molar-refractivity contribution in [3.05, 3.63) is 44.3 Å². The summed E-state index contributed by atoms with van der Waals surface area (Å²) in [5.74, 6) is 0. The van der Waals surface area contributed by atoms with Crippen molar-refractivity contribution in [1.82, 2.24) is 0 Å². The molecular formula is C12H13ClFeO4. The van der Waals surface area contributed by atoms with Gasteiger partial charge in [0, 0.05) is 23.5 Å². The van der Waals surface area contributed by atoms with Gasteiger partial charge in [-0.15, -0.1) is 0 Å². The van der Waals surface area contributed by atoms with Gasteiger partial charge in [-0.1, -0.05) is 24.3 Å². The fourth-order valence-electron chi connectivity index (χ4n) is 0.643. The first kappa shape index (κ1) is 30.3. The fourth-order valence-corrected chi connectivity index (χ4v) is 0.777. The zero-order valence-electron chi connectivity index (χ0n) is 9.85. The third kappa shape index (κ3) is 59.2. The molecule has 18 heavy (non-hydrogen) atoms. The molecule has 0 aromatic carbocycles. The Morgan fingerprint density at radius 3 is 1.89 bits per heavy atom. The quantitative estimate of drug-likeness (QED) is 0.192. The molecule has 0 aliphatic rings. The Morgan fingerprint density at radius 2 is 1.61 bits per heavy atom. The van der Waals surface area contributed by atoms with Crippen LogP contribution >= 0.6 is 11.6 Å². The van der Waals surface area contributed by atoms with Crippen LogP contribution in [0.5, 0.6) is 0 Å². The van der Waals surface area contributed by atoms with Gasteiger partial charge in [0.25, 0.3) is 0 Å². The molecule has 0 bridgehead atoms. The van der Waals surface area contributed by atoms with Gasteiger partial charge < -0.3 is 0 Å². The van der Waals surface area contributed by atoms with Crippen LogP contribution in [0.2, 0.25) is 0 Å². The molecule has 0 radical (unpaired) electrons. The molecule has 0 fully saturated rings. The number of unbranched alkanes of at least 4 members (excludes halogenated alkanes) is 1. The van der Waals surface area contributed by atoms with Crippen LogP contribution in [-0.4, -0.2) is 5.24 Å². The Bertz CT molecular complexity index is 265. The van der Waals surface area contributed by atoms with Gasteiger partial charge in [-0.3, -0.25) is 4.79 Å². The van der Waals surface area contributed by atoms with E-state index >= 15 is 0 Å². The number of hydrogen-bond acceptors (Lipinski definition) is 1. The Balaban J connectivity index is -0.0000000700. The first-order valence-electron chi connectivity index (χ1n) is 4.24. The normalized spacial score (nSPS) is 6.67. The van der Waals surface area contributed by atoms with Crippen molar-refractivity contribution in [1.29, 1.82) is 0 Å². The van der Waals surface area contributed by atoms with Crippen LogP contribution in [0.3, 0.4) is 0 Å². The van der Waals surface area contributed by atoms with E-state index in [1.54, 1.807) is 0 Å². The topological polar surface area (TPSA) is 76.8 Å². The Morgan fingerprint density at radius 1 is 1.22 bits per heavy atom. The van der Waals surface area contributed by atoms with Crippen molar-refractivity contribution < 1.29 is 35.8 Å². The molecule has 0 spiro atoms. The van der Waals surface area contributed by atoms with Crippen LogP contribution in [0.4, 0.5) is 0 Å². The molecule has 0 aliphatic heterocycles. The monoisotopic (exact) mass is 312 g/mol. The van der Waals surface area contributed by atoms with Crippen LogP contribution in [0, 0.1) is 20.0 Å². The van der Waals surface area contributed by atoms with Gasteiger partial charge in [0.15, 0.2) is 0 Å². The van der Waals surface area contributed by atoms with Gasteiger partial charge in [0.2, 0.25) is 5.24 Å². The Labute approximate surface area is 123 Å². The largest absolute Gasteiger partial charge is 0 e. The summed E-state index contributed by atoms with van der Waals surface area (Å²) in [4.78, 5) is 10.3. The van der Waals surface area contributed by atoms with E-state index in [0.29, 0.717) is 6.42 Å². The van der Waals surface area contributed by atoms with Crippen LogP contribution in [-0.2, 0) is 35.8 Å². The summed E-state index contributed by atoms with van der Waals surface area (Å²) in [6.07, 6.45) is 6.13. The van der Waals surface area contributed by atoms with Crippen LogP contribution in [0.15, 0.2) is 24.3 Å². The van der Waals surface area contributed by atoms with Crippen molar-refractivity contribution in [2.45, 2.75) is 26.2 Å². The zero-order valence-corrected chi connectivity index (χ0v) is 11.7. The number of halogens is 1. The third-order valence-electron chi connectivity index (χ3n) is 1.15. The molecule has 4 nitrogen and oxygen atoms in total. The van der Waals surface area contributed by atoms with Crippen molar-refractivity contribution in [2.24, 2.45) is 0 Å². The Kier molecular flexibility index (Phi) is 60.6. The molecule has 0 saturated heterocycles. The van der Waals surface area contributed by atoms with E-state index in [9.17, 15) is 4.79 Å². The van der Waals surface area contributed by atoms with E-state index in [-0.39, 0.29) is 22.3 Å². The van der Waals surface area contributed by atoms with E-state index in [1.165, 1.54) is 0 Å². The van der Waals surface area contributed by atoms with E-state index in [0.717, 1.165) is 18.4 Å². The minimum atomic E-state index is -0.256. The molecule has 6 heteroatoms. The maximum absolute atomic E-state index is 10.3. The first-order chi connectivity index (χ1) is 8.13. The SMILES string of the molecule is C=C(C)/C=C/CCCC(=O)Cl.[C-]#[O+].[C-]#[O+].[C-]#[O+].[Fe]. The molecule has 0 saturated carbocycles. The molecule has 0 atom stereocenters. The molecule has 0 amide bonds. The van der Waals surface area contributed by atoms with Crippen molar-refractivity contribution >= 4 is 16.8 Å². The van der Waals surface area contributed by atoms with Crippen LogP contribution in [0.1, 0.15) is 26.2 Å². The molecule has 0 rings (SSSR count). The molecule has 0 aromatic heterocycles. The number of carbonyl (C=O) groups is 1. The second kappa shape index (κ2) is 36.0. The molecule has 0 heterocycles. The minimum absolute atomic E-state index is 0. The predicted octanol–water partition coefficient (Wildman–Crippen LogP) is 2.94. The molecule has 100 valence electrons. The number of hydrogen-bond donors (Lipinski definition) is 0. The number of carbonyl (C=O) groups excluding carboxylic acids is 1. The summed E-state index contributed by atoms with van der Waals surface area (Å²) in [5.41, 5.74) is 1.03. The van der Waals surface area contributed by atoms with E-state index in [4.69, 9.17) is 25.6 Å². The molecular weight excluding hydrogens is 299 g/mol. The summed E-state index contributed by atoms with van der Waals surface area (Å²) in [5, 5.41) is -0.256. The molecule has 0 N–H and O–H groups in total. The summed E-state index contributed by atoms with van der Waals surface area (Å²) in [6, 6.07) is 0. The van der Waals surface area contributed by atoms with Gasteiger partial charge in [0.05, 0.1) is 0 Å².